The Morgan fingerprint density at radius 1 is 1.12 bits per heavy atom. The summed E-state index contributed by atoms with van der Waals surface area (Å²) in [6.45, 7) is 5.41. The van der Waals surface area contributed by atoms with Crippen LogP contribution in [0.5, 0.6) is 5.75 Å². The molecule has 1 amide bonds. The number of carbonyl (C=O) groups excluding carboxylic acids is 1. The van der Waals surface area contributed by atoms with Crippen molar-refractivity contribution in [1.29, 1.82) is 0 Å². The SMILES string of the molecule is O=C(COc1ccc2c(c1)CCCC2)N1CCC(N2CCOCC2)C1. The van der Waals surface area contributed by atoms with Crippen LogP contribution < -0.4 is 4.74 Å². The standard InChI is InChI=1S/C20H28N2O3/c23-20(22-8-7-18(14-22)21-9-11-24-12-10-21)15-25-19-6-5-16-3-1-2-4-17(16)13-19/h5-6,13,18H,1-4,7-12,14-15H2. The molecule has 2 fully saturated rings. The van der Waals surface area contributed by atoms with Crippen molar-refractivity contribution in [3.63, 3.8) is 0 Å². The number of benzene rings is 1. The first-order valence-electron chi connectivity index (χ1n) is 9.64. The maximum Gasteiger partial charge on any atom is 0.260 e. The molecule has 3 aliphatic rings. The minimum atomic E-state index is 0.105. The lowest BCUT2D eigenvalue weighted by Gasteiger charge is -2.32. The van der Waals surface area contributed by atoms with Crippen LogP contribution in [0.15, 0.2) is 18.2 Å². The van der Waals surface area contributed by atoms with Crippen LogP contribution >= 0.6 is 0 Å². The predicted molar refractivity (Wildman–Crippen MR) is 96.0 cm³/mol. The average molecular weight is 344 g/mol. The smallest absolute Gasteiger partial charge is 0.260 e. The molecule has 0 bridgehead atoms. The van der Waals surface area contributed by atoms with Gasteiger partial charge in [0.25, 0.3) is 5.91 Å². The van der Waals surface area contributed by atoms with E-state index in [2.05, 4.69) is 17.0 Å². The molecule has 1 aromatic rings. The number of hydrogen-bond acceptors (Lipinski definition) is 4. The molecular formula is C20H28N2O3. The molecule has 1 aliphatic carbocycles. The van der Waals surface area contributed by atoms with E-state index >= 15 is 0 Å². The van der Waals surface area contributed by atoms with Gasteiger partial charge in [0, 0.05) is 32.2 Å². The fourth-order valence-electron chi connectivity index (χ4n) is 4.24. The number of likely N-dealkylation sites (tertiary alicyclic amines) is 1. The van der Waals surface area contributed by atoms with Crippen LogP contribution in [0.2, 0.25) is 0 Å². The Labute approximate surface area is 149 Å². The molecule has 0 N–H and O–H groups in total. The van der Waals surface area contributed by atoms with Gasteiger partial charge in [-0.05, 0) is 55.4 Å². The summed E-state index contributed by atoms with van der Waals surface area (Å²) < 4.78 is 11.2. The van der Waals surface area contributed by atoms with Crippen LogP contribution in [0, 0.1) is 0 Å². The highest BCUT2D eigenvalue weighted by atomic mass is 16.5. The van der Waals surface area contributed by atoms with Crippen molar-refractivity contribution in [3.8, 4) is 5.75 Å². The van der Waals surface area contributed by atoms with Crippen LogP contribution in [-0.4, -0.2) is 67.7 Å². The topological polar surface area (TPSA) is 42.0 Å². The fourth-order valence-corrected chi connectivity index (χ4v) is 4.24. The number of morpholine rings is 1. The lowest BCUT2D eigenvalue weighted by molar-refractivity contribution is -0.132. The van der Waals surface area contributed by atoms with E-state index in [1.54, 1.807) is 0 Å². The van der Waals surface area contributed by atoms with Crippen molar-refractivity contribution in [1.82, 2.24) is 9.80 Å². The molecule has 25 heavy (non-hydrogen) atoms. The molecule has 2 saturated heterocycles. The Kier molecular flexibility index (Phi) is 5.22. The lowest BCUT2D eigenvalue weighted by Crippen LogP contribution is -2.45. The molecule has 0 spiro atoms. The number of fused-ring (bicyclic) bond motifs is 1. The van der Waals surface area contributed by atoms with Crippen molar-refractivity contribution >= 4 is 5.91 Å². The third kappa shape index (κ3) is 3.98. The maximum atomic E-state index is 12.5. The summed E-state index contributed by atoms with van der Waals surface area (Å²) in [4.78, 5) is 16.9. The first-order valence-corrected chi connectivity index (χ1v) is 9.64. The third-order valence-corrected chi connectivity index (χ3v) is 5.76. The van der Waals surface area contributed by atoms with E-state index in [4.69, 9.17) is 9.47 Å². The van der Waals surface area contributed by atoms with Crippen LogP contribution in [0.3, 0.4) is 0 Å². The largest absolute Gasteiger partial charge is 0.484 e. The van der Waals surface area contributed by atoms with E-state index in [0.717, 1.165) is 58.0 Å². The Bertz CT molecular complexity index is 613. The summed E-state index contributed by atoms with van der Waals surface area (Å²) in [7, 11) is 0. The van der Waals surface area contributed by atoms with Crippen LogP contribution in [0.1, 0.15) is 30.4 Å². The predicted octanol–water partition coefficient (Wildman–Crippen LogP) is 1.88. The van der Waals surface area contributed by atoms with Gasteiger partial charge in [0.05, 0.1) is 13.2 Å². The number of hydrogen-bond donors (Lipinski definition) is 0. The zero-order valence-electron chi connectivity index (χ0n) is 14.9. The molecule has 0 radical (unpaired) electrons. The number of carbonyl (C=O) groups is 1. The number of rotatable bonds is 4. The van der Waals surface area contributed by atoms with Crippen LogP contribution in [-0.2, 0) is 22.4 Å². The normalized spacial score (nSPS) is 24.2. The van der Waals surface area contributed by atoms with Gasteiger partial charge in [0.1, 0.15) is 5.75 Å². The highest BCUT2D eigenvalue weighted by Crippen LogP contribution is 2.25. The van der Waals surface area contributed by atoms with Gasteiger partial charge in [-0.25, -0.2) is 0 Å². The highest BCUT2D eigenvalue weighted by molar-refractivity contribution is 5.78. The number of nitrogens with zero attached hydrogens (tertiary/aromatic N) is 2. The zero-order chi connectivity index (χ0) is 17.1. The fraction of sp³-hybridized carbons (Fsp3) is 0.650. The van der Waals surface area contributed by atoms with E-state index in [1.165, 1.54) is 30.4 Å². The van der Waals surface area contributed by atoms with Crippen LogP contribution in [0.25, 0.3) is 0 Å². The number of ether oxygens (including phenoxy) is 2. The quantitative estimate of drug-likeness (QED) is 0.836. The average Bonchev–Trinajstić information content (AvgIpc) is 3.17. The number of amides is 1. The van der Waals surface area contributed by atoms with Crippen molar-refractivity contribution < 1.29 is 14.3 Å². The van der Waals surface area contributed by atoms with Gasteiger partial charge in [-0.2, -0.15) is 0 Å². The monoisotopic (exact) mass is 344 g/mol. The van der Waals surface area contributed by atoms with Gasteiger partial charge in [-0.1, -0.05) is 6.07 Å². The van der Waals surface area contributed by atoms with Gasteiger partial charge < -0.3 is 14.4 Å². The Balaban J connectivity index is 1.28. The third-order valence-electron chi connectivity index (χ3n) is 5.76. The first kappa shape index (κ1) is 16.9. The highest BCUT2D eigenvalue weighted by Gasteiger charge is 2.31. The molecule has 1 unspecified atom stereocenters. The van der Waals surface area contributed by atoms with Gasteiger partial charge in [-0.15, -0.1) is 0 Å². The molecule has 2 heterocycles. The second kappa shape index (κ2) is 7.75. The summed E-state index contributed by atoms with van der Waals surface area (Å²) in [5.74, 6) is 0.936. The van der Waals surface area contributed by atoms with E-state index in [9.17, 15) is 4.79 Å². The van der Waals surface area contributed by atoms with E-state index < -0.39 is 0 Å². The van der Waals surface area contributed by atoms with Gasteiger partial charge in [0.15, 0.2) is 6.61 Å². The van der Waals surface area contributed by atoms with Crippen molar-refractivity contribution in [2.45, 2.75) is 38.1 Å². The van der Waals surface area contributed by atoms with Crippen molar-refractivity contribution in [2.75, 3.05) is 46.0 Å². The molecular weight excluding hydrogens is 316 g/mol. The molecule has 5 nitrogen and oxygen atoms in total. The molecule has 0 aromatic heterocycles. The van der Waals surface area contributed by atoms with Gasteiger partial charge in [0.2, 0.25) is 0 Å². The van der Waals surface area contributed by atoms with Gasteiger partial charge >= 0.3 is 0 Å². The van der Waals surface area contributed by atoms with Crippen molar-refractivity contribution in [2.24, 2.45) is 0 Å². The Hall–Kier alpha value is -1.59. The summed E-state index contributed by atoms with van der Waals surface area (Å²) in [5, 5.41) is 0. The Morgan fingerprint density at radius 2 is 1.92 bits per heavy atom. The summed E-state index contributed by atoms with van der Waals surface area (Å²) in [6, 6.07) is 6.79. The first-order chi connectivity index (χ1) is 12.3. The molecule has 1 atom stereocenters. The minimum absolute atomic E-state index is 0.105. The summed E-state index contributed by atoms with van der Waals surface area (Å²) >= 11 is 0. The van der Waals surface area contributed by atoms with Gasteiger partial charge in [-0.3, -0.25) is 9.69 Å². The second-order valence-corrected chi connectivity index (χ2v) is 7.36. The Morgan fingerprint density at radius 3 is 2.76 bits per heavy atom. The molecule has 4 rings (SSSR count). The van der Waals surface area contributed by atoms with Crippen molar-refractivity contribution in [3.05, 3.63) is 29.3 Å². The summed E-state index contributed by atoms with van der Waals surface area (Å²) in [5.41, 5.74) is 2.84. The minimum Gasteiger partial charge on any atom is -0.484 e. The van der Waals surface area contributed by atoms with E-state index in [0.29, 0.717) is 6.04 Å². The second-order valence-electron chi connectivity index (χ2n) is 7.36. The number of aryl methyl sites for hydroxylation is 2. The van der Waals surface area contributed by atoms with E-state index in [-0.39, 0.29) is 12.5 Å². The van der Waals surface area contributed by atoms with Crippen LogP contribution in [0.4, 0.5) is 0 Å². The maximum absolute atomic E-state index is 12.5. The lowest BCUT2D eigenvalue weighted by atomic mass is 9.92. The molecule has 0 saturated carbocycles. The molecule has 136 valence electrons. The molecule has 2 aliphatic heterocycles. The summed E-state index contributed by atoms with van der Waals surface area (Å²) in [6.07, 6.45) is 5.90. The zero-order valence-corrected chi connectivity index (χ0v) is 14.9. The molecule has 1 aromatic carbocycles. The van der Waals surface area contributed by atoms with E-state index in [1.807, 2.05) is 11.0 Å². The molecule has 5 heteroatoms.